The summed E-state index contributed by atoms with van der Waals surface area (Å²) in [5, 5.41) is 16.4. The standard InChI is InChI=1S/C24H25F2N7O2/c1-4-32(21(34)12-27)20-13-33(31-22(20)17-9-8-15(2)16(3)10-17)24(29-14-28)30-18-6-5-7-19(11-18)35-23(25)26/h5-11,13,23H,4,12,27H2,1-3H3,(H,29,30). The SMILES string of the molecule is CCN(C(=O)CN)c1cn(C(=Nc2cccc(OC(F)F)c2)NC#N)nc1-c1ccc(C)c(C)c1. The zero-order chi connectivity index (χ0) is 25.5. The van der Waals surface area contributed by atoms with E-state index in [2.05, 4.69) is 20.1 Å². The predicted octanol–water partition coefficient (Wildman–Crippen LogP) is 3.69. The molecule has 0 radical (unpaired) electrons. The Morgan fingerprint density at radius 3 is 2.69 bits per heavy atom. The van der Waals surface area contributed by atoms with Crippen LogP contribution in [0.5, 0.6) is 5.75 Å². The molecule has 182 valence electrons. The van der Waals surface area contributed by atoms with Crippen LogP contribution in [-0.4, -0.2) is 41.3 Å². The van der Waals surface area contributed by atoms with Crippen LogP contribution < -0.4 is 20.7 Å². The van der Waals surface area contributed by atoms with E-state index in [1.54, 1.807) is 18.5 Å². The molecule has 0 aliphatic rings. The molecular weight excluding hydrogens is 456 g/mol. The normalized spacial score (nSPS) is 11.3. The van der Waals surface area contributed by atoms with Crippen molar-refractivity contribution in [3.05, 3.63) is 59.8 Å². The van der Waals surface area contributed by atoms with Crippen LogP contribution >= 0.6 is 0 Å². The zero-order valence-electron chi connectivity index (χ0n) is 19.5. The second kappa shape index (κ2) is 11.2. The van der Waals surface area contributed by atoms with Gasteiger partial charge in [0, 0.05) is 18.2 Å². The quantitative estimate of drug-likeness (QED) is 0.230. The Labute approximate surface area is 201 Å². The highest BCUT2D eigenvalue weighted by Gasteiger charge is 2.22. The summed E-state index contributed by atoms with van der Waals surface area (Å²) >= 11 is 0. The Bertz CT molecular complexity index is 1280. The topological polar surface area (TPSA) is 122 Å². The lowest BCUT2D eigenvalue weighted by Gasteiger charge is -2.20. The molecule has 1 heterocycles. The number of aryl methyl sites for hydroxylation is 2. The molecule has 2 aromatic carbocycles. The average Bonchev–Trinajstić information content (AvgIpc) is 3.25. The van der Waals surface area contributed by atoms with Crippen molar-refractivity contribution in [2.45, 2.75) is 27.4 Å². The van der Waals surface area contributed by atoms with Gasteiger partial charge in [-0.2, -0.15) is 19.1 Å². The van der Waals surface area contributed by atoms with Gasteiger partial charge >= 0.3 is 6.61 Å². The number of alkyl halides is 2. The first kappa shape index (κ1) is 25.3. The maximum atomic E-state index is 12.6. The van der Waals surface area contributed by atoms with Crippen LogP contribution in [0.3, 0.4) is 0 Å². The molecule has 0 fully saturated rings. The third-order valence-electron chi connectivity index (χ3n) is 5.22. The Hall–Kier alpha value is -4.30. The van der Waals surface area contributed by atoms with Gasteiger partial charge in [-0.15, -0.1) is 0 Å². The molecule has 3 rings (SSSR count). The van der Waals surface area contributed by atoms with Gasteiger partial charge in [0.2, 0.25) is 11.9 Å². The van der Waals surface area contributed by atoms with Crippen molar-refractivity contribution in [2.75, 3.05) is 18.0 Å². The number of nitrogens with zero attached hydrogens (tertiary/aromatic N) is 5. The molecule has 0 unspecified atom stereocenters. The van der Waals surface area contributed by atoms with Crippen molar-refractivity contribution in [1.29, 1.82) is 5.26 Å². The Balaban J connectivity index is 2.16. The minimum Gasteiger partial charge on any atom is -0.435 e. The number of nitrogens with one attached hydrogen (secondary N) is 1. The minimum absolute atomic E-state index is 0.00530. The Morgan fingerprint density at radius 1 is 1.29 bits per heavy atom. The largest absolute Gasteiger partial charge is 0.435 e. The molecule has 3 N–H and O–H groups in total. The summed E-state index contributed by atoms with van der Waals surface area (Å²) in [6.45, 7) is 2.93. The number of aliphatic imine (C=N–C) groups is 1. The number of nitrogens with two attached hydrogens (primary N) is 1. The number of rotatable bonds is 7. The van der Waals surface area contributed by atoms with Gasteiger partial charge in [-0.25, -0.2) is 9.67 Å². The smallest absolute Gasteiger partial charge is 0.387 e. The fraction of sp³-hybridized carbons (Fsp3) is 0.250. The van der Waals surface area contributed by atoms with E-state index < -0.39 is 6.61 Å². The second-order valence-corrected chi connectivity index (χ2v) is 7.50. The number of carbonyl (C=O) groups excluding carboxylic acids is 1. The van der Waals surface area contributed by atoms with Crippen molar-refractivity contribution < 1.29 is 18.3 Å². The number of aromatic nitrogens is 2. The van der Waals surface area contributed by atoms with Crippen molar-refractivity contribution >= 4 is 23.2 Å². The molecule has 11 heteroatoms. The molecule has 0 bridgehead atoms. The third kappa shape index (κ3) is 5.99. The average molecular weight is 482 g/mol. The minimum atomic E-state index is -2.99. The third-order valence-corrected chi connectivity index (χ3v) is 5.22. The number of amides is 1. The number of anilines is 1. The lowest BCUT2D eigenvalue weighted by atomic mass is 10.0. The molecule has 0 atom stereocenters. The zero-order valence-corrected chi connectivity index (χ0v) is 19.5. The molecule has 0 aliphatic heterocycles. The van der Waals surface area contributed by atoms with Crippen LogP contribution in [0.1, 0.15) is 18.1 Å². The molecule has 35 heavy (non-hydrogen) atoms. The lowest BCUT2D eigenvalue weighted by molar-refractivity contribution is -0.117. The van der Waals surface area contributed by atoms with Gasteiger partial charge in [0.15, 0.2) is 6.19 Å². The van der Waals surface area contributed by atoms with E-state index in [1.165, 1.54) is 27.8 Å². The summed E-state index contributed by atoms with van der Waals surface area (Å²) in [5.74, 6) is -0.393. The number of likely N-dealkylation sites (N-methyl/N-ethyl adjacent to an activating group) is 1. The summed E-state index contributed by atoms with van der Waals surface area (Å²) < 4.78 is 30.9. The molecule has 1 aromatic heterocycles. The Kier molecular flexibility index (Phi) is 8.12. The van der Waals surface area contributed by atoms with Gasteiger partial charge in [-0.3, -0.25) is 10.1 Å². The van der Waals surface area contributed by atoms with Crippen molar-refractivity contribution in [2.24, 2.45) is 10.7 Å². The van der Waals surface area contributed by atoms with Crippen LogP contribution in [0.2, 0.25) is 0 Å². The van der Waals surface area contributed by atoms with E-state index in [9.17, 15) is 18.8 Å². The number of benzene rings is 2. The summed E-state index contributed by atoms with van der Waals surface area (Å²) in [6.07, 6.45) is 3.36. The highest BCUT2D eigenvalue weighted by molar-refractivity contribution is 5.99. The number of halogens is 2. The van der Waals surface area contributed by atoms with Gasteiger partial charge in [0.1, 0.15) is 11.4 Å². The van der Waals surface area contributed by atoms with E-state index in [0.29, 0.717) is 17.9 Å². The Morgan fingerprint density at radius 2 is 2.06 bits per heavy atom. The van der Waals surface area contributed by atoms with Crippen LogP contribution in [0.15, 0.2) is 53.7 Å². The summed E-state index contributed by atoms with van der Waals surface area (Å²) in [7, 11) is 0. The van der Waals surface area contributed by atoms with Gasteiger partial charge in [-0.1, -0.05) is 18.2 Å². The number of nitriles is 1. The van der Waals surface area contributed by atoms with E-state index in [1.807, 2.05) is 39.0 Å². The van der Waals surface area contributed by atoms with Crippen LogP contribution in [0.25, 0.3) is 11.3 Å². The predicted molar refractivity (Wildman–Crippen MR) is 129 cm³/mol. The lowest BCUT2D eigenvalue weighted by Crippen LogP contribution is -2.36. The maximum Gasteiger partial charge on any atom is 0.387 e. The fourth-order valence-corrected chi connectivity index (χ4v) is 3.39. The summed E-state index contributed by atoms with van der Waals surface area (Å²) in [4.78, 5) is 18.4. The fourth-order valence-electron chi connectivity index (χ4n) is 3.39. The molecular formula is C24H25F2N7O2. The maximum absolute atomic E-state index is 12.6. The first-order valence-electron chi connectivity index (χ1n) is 10.7. The van der Waals surface area contributed by atoms with E-state index in [-0.39, 0.29) is 29.8 Å². The van der Waals surface area contributed by atoms with Crippen LogP contribution in [0.4, 0.5) is 20.2 Å². The van der Waals surface area contributed by atoms with Crippen LogP contribution in [0, 0.1) is 25.3 Å². The molecule has 0 saturated heterocycles. The van der Waals surface area contributed by atoms with Gasteiger partial charge < -0.3 is 15.4 Å². The van der Waals surface area contributed by atoms with Crippen molar-refractivity contribution in [3.63, 3.8) is 0 Å². The first-order chi connectivity index (χ1) is 16.8. The highest BCUT2D eigenvalue weighted by Crippen LogP contribution is 2.31. The number of ether oxygens (including phenoxy) is 1. The van der Waals surface area contributed by atoms with Crippen molar-refractivity contribution in [3.8, 4) is 23.2 Å². The number of hydrogen-bond acceptors (Lipinski definition) is 6. The molecule has 0 spiro atoms. The van der Waals surface area contributed by atoms with Gasteiger partial charge in [0.05, 0.1) is 24.1 Å². The van der Waals surface area contributed by atoms with Gasteiger partial charge in [0.25, 0.3) is 0 Å². The first-order valence-corrected chi connectivity index (χ1v) is 10.7. The van der Waals surface area contributed by atoms with E-state index >= 15 is 0 Å². The highest BCUT2D eigenvalue weighted by atomic mass is 19.3. The number of carbonyl (C=O) groups is 1. The van der Waals surface area contributed by atoms with Gasteiger partial charge in [-0.05, 0) is 50.1 Å². The molecule has 3 aromatic rings. The second-order valence-electron chi connectivity index (χ2n) is 7.50. The summed E-state index contributed by atoms with van der Waals surface area (Å²) in [5.41, 5.74) is 9.73. The van der Waals surface area contributed by atoms with E-state index in [4.69, 9.17) is 5.73 Å². The molecule has 1 amide bonds. The molecule has 0 saturated carbocycles. The monoisotopic (exact) mass is 481 g/mol. The molecule has 9 nitrogen and oxygen atoms in total. The molecule has 0 aliphatic carbocycles. The summed E-state index contributed by atoms with van der Waals surface area (Å²) in [6, 6.07) is 11.5. The van der Waals surface area contributed by atoms with Crippen molar-refractivity contribution in [1.82, 2.24) is 15.1 Å². The number of hydrogen-bond donors (Lipinski definition) is 2. The van der Waals surface area contributed by atoms with E-state index in [0.717, 1.165) is 16.7 Å². The van der Waals surface area contributed by atoms with Crippen LogP contribution in [-0.2, 0) is 4.79 Å².